The maximum Gasteiger partial charge on any atom is 0.0103 e. The van der Waals surface area contributed by atoms with Crippen LogP contribution in [-0.4, -0.2) is 153 Å². The van der Waals surface area contributed by atoms with Crippen molar-refractivity contribution in [2.24, 2.45) is 0 Å². The molecule has 168 valence electrons. The van der Waals surface area contributed by atoms with Crippen LogP contribution in [0.3, 0.4) is 0 Å². The topological polar surface area (TPSA) is 19.4 Å². The second-order valence-electron chi connectivity index (χ2n) is 8.97. The summed E-state index contributed by atoms with van der Waals surface area (Å²) in [6.45, 7) is 8.11. The number of hydrogen-bond donors (Lipinski definition) is 0. The van der Waals surface area contributed by atoms with Gasteiger partial charge in [0.1, 0.15) is 0 Å². The Labute approximate surface area is 173 Å². The van der Waals surface area contributed by atoms with Gasteiger partial charge in [-0.15, -0.1) is 0 Å². The minimum Gasteiger partial charge on any atom is -0.309 e. The summed E-state index contributed by atoms with van der Waals surface area (Å²) in [6.07, 6.45) is 2.51. The van der Waals surface area contributed by atoms with Crippen molar-refractivity contribution < 1.29 is 0 Å². The minimum absolute atomic E-state index is 0.697. The first-order valence-corrected chi connectivity index (χ1v) is 10.2. The maximum atomic E-state index is 2.25. The molecule has 0 bridgehead atoms. The lowest BCUT2D eigenvalue weighted by Crippen LogP contribution is -2.28. The Morgan fingerprint density at radius 1 is 0.444 bits per heavy atom. The lowest BCUT2D eigenvalue weighted by molar-refractivity contribution is 0.267. The van der Waals surface area contributed by atoms with E-state index in [1.165, 1.54) is 32.5 Å². The summed E-state index contributed by atoms with van der Waals surface area (Å²) < 4.78 is 0. The van der Waals surface area contributed by atoms with Gasteiger partial charge in [0.2, 0.25) is 0 Å². The van der Waals surface area contributed by atoms with Crippen molar-refractivity contribution >= 4 is 0 Å². The van der Waals surface area contributed by atoms with E-state index >= 15 is 0 Å². The van der Waals surface area contributed by atoms with Crippen molar-refractivity contribution in [3.63, 3.8) is 0 Å². The predicted molar refractivity (Wildman–Crippen MR) is 125 cm³/mol. The highest BCUT2D eigenvalue weighted by molar-refractivity contribution is 4.60. The second-order valence-corrected chi connectivity index (χ2v) is 8.97. The van der Waals surface area contributed by atoms with Crippen LogP contribution in [-0.2, 0) is 0 Å². The Morgan fingerprint density at radius 3 is 0.963 bits per heavy atom. The highest BCUT2D eigenvalue weighted by Gasteiger charge is 2.03. The standard InChI is InChI=1S/C8H20N2.C7H18N2.C6H16N2/c1-8(10(4)5)6-7-9(2)3;1-8(2)6-5-7-9(3)4;1-7(2)5-6-8(3)4/h8H,6-7H2,1-5H3;5-7H2,1-4H3;5-6H2,1-4H3. The molecule has 0 aromatic heterocycles. The summed E-state index contributed by atoms with van der Waals surface area (Å²) in [5.74, 6) is 0. The molecule has 0 fully saturated rings. The van der Waals surface area contributed by atoms with Gasteiger partial charge in [-0.25, -0.2) is 0 Å². The fourth-order valence-electron chi connectivity index (χ4n) is 1.81. The molecule has 27 heavy (non-hydrogen) atoms. The zero-order valence-corrected chi connectivity index (χ0v) is 21.2. The maximum absolute atomic E-state index is 2.25. The average Bonchev–Trinajstić information content (AvgIpc) is 2.50. The number of hydrogen-bond acceptors (Lipinski definition) is 6. The van der Waals surface area contributed by atoms with E-state index in [-0.39, 0.29) is 0 Å². The first-order chi connectivity index (χ1) is 12.3. The van der Waals surface area contributed by atoms with Crippen molar-refractivity contribution in [1.82, 2.24) is 29.4 Å². The summed E-state index contributed by atoms with van der Waals surface area (Å²) >= 11 is 0. The van der Waals surface area contributed by atoms with Gasteiger partial charge in [-0.1, -0.05) is 0 Å². The molecule has 0 aliphatic heterocycles. The van der Waals surface area contributed by atoms with Crippen LogP contribution in [0.4, 0.5) is 0 Å². The van der Waals surface area contributed by atoms with E-state index < -0.39 is 0 Å². The first-order valence-electron chi connectivity index (χ1n) is 10.2. The first kappa shape index (κ1) is 31.5. The van der Waals surface area contributed by atoms with Crippen LogP contribution in [0.5, 0.6) is 0 Å². The third-order valence-corrected chi connectivity index (χ3v) is 4.08. The number of nitrogens with zero attached hydrogens (tertiary/aromatic N) is 6. The normalized spacial score (nSPS) is 12.6. The van der Waals surface area contributed by atoms with Crippen molar-refractivity contribution in [3.05, 3.63) is 0 Å². The van der Waals surface area contributed by atoms with Crippen LogP contribution >= 0.6 is 0 Å². The molecule has 0 N–H and O–H groups in total. The zero-order valence-electron chi connectivity index (χ0n) is 21.2. The molecule has 0 aromatic carbocycles. The van der Waals surface area contributed by atoms with Crippen LogP contribution in [0.2, 0.25) is 0 Å². The molecule has 6 nitrogen and oxygen atoms in total. The minimum atomic E-state index is 0.697. The lowest BCUT2D eigenvalue weighted by Gasteiger charge is -2.21. The Morgan fingerprint density at radius 2 is 0.741 bits per heavy atom. The van der Waals surface area contributed by atoms with Gasteiger partial charge in [0.15, 0.2) is 0 Å². The molecule has 0 spiro atoms. The van der Waals surface area contributed by atoms with Gasteiger partial charge < -0.3 is 29.4 Å². The summed E-state index contributed by atoms with van der Waals surface area (Å²) in [5.41, 5.74) is 0. The molecule has 6 heteroatoms. The number of likely N-dealkylation sites (N-methyl/N-ethyl adjacent to an activating group) is 2. The molecule has 0 saturated carbocycles. The third-order valence-electron chi connectivity index (χ3n) is 4.08. The van der Waals surface area contributed by atoms with Gasteiger partial charge in [0, 0.05) is 19.1 Å². The number of rotatable bonds is 11. The molecular formula is C21H54N6. The van der Waals surface area contributed by atoms with E-state index in [0.717, 1.165) is 13.1 Å². The van der Waals surface area contributed by atoms with E-state index in [1.807, 2.05) is 0 Å². The van der Waals surface area contributed by atoms with Gasteiger partial charge >= 0.3 is 0 Å². The Bertz CT molecular complexity index is 262. The quantitative estimate of drug-likeness (QED) is 0.529. The van der Waals surface area contributed by atoms with Crippen LogP contribution < -0.4 is 0 Å². The van der Waals surface area contributed by atoms with Gasteiger partial charge in [-0.2, -0.15) is 0 Å². The van der Waals surface area contributed by atoms with Gasteiger partial charge in [0.05, 0.1) is 0 Å². The highest BCUT2D eigenvalue weighted by Crippen LogP contribution is 1.97. The van der Waals surface area contributed by atoms with Crippen molar-refractivity contribution in [2.45, 2.75) is 25.8 Å². The molecule has 0 aliphatic carbocycles. The third kappa shape index (κ3) is 37.2. The molecule has 0 heterocycles. The molecule has 1 atom stereocenters. The van der Waals surface area contributed by atoms with Gasteiger partial charge in [-0.3, -0.25) is 0 Å². The average molecular weight is 391 g/mol. The van der Waals surface area contributed by atoms with Crippen molar-refractivity contribution in [1.29, 1.82) is 0 Å². The van der Waals surface area contributed by atoms with Crippen LogP contribution in [0.25, 0.3) is 0 Å². The van der Waals surface area contributed by atoms with E-state index in [9.17, 15) is 0 Å². The fourth-order valence-corrected chi connectivity index (χ4v) is 1.81. The summed E-state index contributed by atoms with van der Waals surface area (Å²) in [5, 5.41) is 0. The molecular weight excluding hydrogens is 336 g/mol. The largest absolute Gasteiger partial charge is 0.309 e. The molecule has 0 saturated heterocycles. The molecule has 1 unspecified atom stereocenters. The van der Waals surface area contributed by atoms with Crippen molar-refractivity contribution in [3.8, 4) is 0 Å². The smallest absolute Gasteiger partial charge is 0.0103 e. The van der Waals surface area contributed by atoms with Crippen LogP contribution in [0, 0.1) is 0 Å². The molecule has 0 aliphatic rings. The summed E-state index contributed by atoms with van der Waals surface area (Å²) in [6, 6.07) is 0.697. The van der Waals surface area contributed by atoms with Gasteiger partial charge in [0.25, 0.3) is 0 Å². The molecule has 0 rings (SSSR count). The molecule has 0 radical (unpaired) electrons. The second kappa shape index (κ2) is 20.5. The Kier molecular flexibility index (Phi) is 23.9. The van der Waals surface area contributed by atoms with Gasteiger partial charge in [-0.05, 0) is 124 Å². The summed E-state index contributed by atoms with van der Waals surface area (Å²) in [4.78, 5) is 13.3. The predicted octanol–water partition coefficient (Wildman–Crippen LogP) is 1.50. The van der Waals surface area contributed by atoms with Crippen molar-refractivity contribution in [2.75, 3.05) is 117 Å². The zero-order chi connectivity index (χ0) is 22.0. The fraction of sp³-hybridized carbons (Fsp3) is 1.00. The highest BCUT2D eigenvalue weighted by atomic mass is 15.1. The van der Waals surface area contributed by atoms with Crippen LogP contribution in [0.15, 0.2) is 0 Å². The molecule has 0 aromatic rings. The van der Waals surface area contributed by atoms with E-state index in [2.05, 4.69) is 121 Å². The van der Waals surface area contributed by atoms with Crippen LogP contribution in [0.1, 0.15) is 19.8 Å². The SMILES string of the molecule is CC(CCN(C)C)N(C)C.CN(C)CCCN(C)C.CN(C)CCN(C)C. The summed E-state index contributed by atoms with van der Waals surface area (Å²) in [7, 11) is 25.3. The van der Waals surface area contributed by atoms with E-state index in [0.29, 0.717) is 6.04 Å². The molecule has 0 amide bonds. The monoisotopic (exact) mass is 390 g/mol. The van der Waals surface area contributed by atoms with E-state index in [1.54, 1.807) is 0 Å². The lowest BCUT2D eigenvalue weighted by atomic mass is 10.2. The Balaban J connectivity index is -0.000000322. The Hall–Kier alpha value is -0.240. The van der Waals surface area contributed by atoms with E-state index in [4.69, 9.17) is 0 Å².